The lowest BCUT2D eigenvalue weighted by Crippen LogP contribution is -2.42. The van der Waals surface area contributed by atoms with Crippen LogP contribution in [-0.2, 0) is 20.9 Å². The summed E-state index contributed by atoms with van der Waals surface area (Å²) in [6, 6.07) is 12.1. The van der Waals surface area contributed by atoms with Gasteiger partial charge in [0.25, 0.3) is 11.6 Å². The molecular weight excluding hydrogens is 356 g/mol. The van der Waals surface area contributed by atoms with Crippen LogP contribution < -0.4 is 5.32 Å². The number of non-ortho nitro benzene ring substituents is 1. The van der Waals surface area contributed by atoms with E-state index in [-0.39, 0.29) is 17.9 Å². The van der Waals surface area contributed by atoms with E-state index >= 15 is 0 Å². The number of nitrogens with one attached hydrogen (secondary N) is 1. The predicted octanol–water partition coefficient (Wildman–Crippen LogP) is 1.91. The van der Waals surface area contributed by atoms with Crippen LogP contribution in [0.5, 0.6) is 0 Å². The maximum absolute atomic E-state index is 12.1. The van der Waals surface area contributed by atoms with Gasteiger partial charge in [-0.15, -0.1) is 0 Å². The van der Waals surface area contributed by atoms with Crippen LogP contribution in [0.3, 0.4) is 0 Å². The smallest absolute Gasteiger partial charge is 0.326 e. The van der Waals surface area contributed by atoms with Crippen LogP contribution in [-0.4, -0.2) is 33.9 Å². The van der Waals surface area contributed by atoms with Gasteiger partial charge in [-0.3, -0.25) is 19.7 Å². The highest BCUT2D eigenvalue weighted by atomic mass is 16.6. The molecule has 2 aromatic carbocycles. The monoisotopic (exact) mass is 372 g/mol. The maximum Gasteiger partial charge on any atom is 0.326 e. The standard InChI is InChI=1S/C18H16N2O7/c21-16(27-11-12-5-2-1-3-6-12)10-15(18(23)24)19-17(22)13-7-4-8-14(9-13)20(25)26/h1-9,15H,10-11H2,(H,19,22)(H,23,24)/t15-/m1/s1. The third kappa shape index (κ3) is 5.92. The molecule has 0 saturated heterocycles. The van der Waals surface area contributed by atoms with Crippen molar-refractivity contribution in [1.82, 2.24) is 5.32 Å². The fraction of sp³-hybridized carbons (Fsp3) is 0.167. The van der Waals surface area contributed by atoms with Crippen molar-refractivity contribution < 1.29 is 29.2 Å². The number of hydrogen-bond donors (Lipinski definition) is 2. The highest BCUT2D eigenvalue weighted by molar-refractivity contribution is 5.97. The first-order valence-corrected chi connectivity index (χ1v) is 7.84. The van der Waals surface area contributed by atoms with Crippen molar-refractivity contribution >= 4 is 23.5 Å². The SMILES string of the molecule is O=C(C[C@@H](NC(=O)c1cccc([N+](=O)[O-])c1)C(=O)O)OCc1ccccc1. The second-order valence-electron chi connectivity index (χ2n) is 5.52. The predicted molar refractivity (Wildman–Crippen MR) is 92.8 cm³/mol. The van der Waals surface area contributed by atoms with E-state index in [0.717, 1.165) is 11.6 Å². The van der Waals surface area contributed by atoms with Gasteiger partial charge < -0.3 is 15.2 Å². The number of carbonyl (C=O) groups is 3. The van der Waals surface area contributed by atoms with Crippen molar-refractivity contribution in [3.8, 4) is 0 Å². The largest absolute Gasteiger partial charge is 0.480 e. The molecular formula is C18H16N2O7. The van der Waals surface area contributed by atoms with Crippen molar-refractivity contribution in [1.29, 1.82) is 0 Å². The molecule has 0 aliphatic heterocycles. The molecule has 0 aromatic heterocycles. The van der Waals surface area contributed by atoms with Gasteiger partial charge in [-0.25, -0.2) is 4.79 Å². The molecule has 0 radical (unpaired) electrons. The lowest BCUT2D eigenvalue weighted by molar-refractivity contribution is -0.384. The maximum atomic E-state index is 12.1. The molecule has 9 nitrogen and oxygen atoms in total. The first-order valence-electron chi connectivity index (χ1n) is 7.84. The molecule has 2 rings (SSSR count). The zero-order valence-corrected chi connectivity index (χ0v) is 14.0. The van der Waals surface area contributed by atoms with E-state index in [0.29, 0.717) is 0 Å². The summed E-state index contributed by atoms with van der Waals surface area (Å²) < 4.78 is 5.00. The number of benzene rings is 2. The molecule has 1 amide bonds. The molecule has 27 heavy (non-hydrogen) atoms. The van der Waals surface area contributed by atoms with Crippen molar-refractivity contribution in [2.45, 2.75) is 19.1 Å². The van der Waals surface area contributed by atoms with E-state index in [9.17, 15) is 29.6 Å². The Labute approximate surface area is 153 Å². The molecule has 0 fully saturated rings. The van der Waals surface area contributed by atoms with Gasteiger partial charge in [0.05, 0.1) is 11.3 Å². The Kier molecular flexibility index (Phi) is 6.59. The molecule has 0 aliphatic rings. The zero-order valence-electron chi connectivity index (χ0n) is 14.0. The molecule has 1 atom stereocenters. The second-order valence-corrected chi connectivity index (χ2v) is 5.52. The van der Waals surface area contributed by atoms with Gasteiger partial charge in [0.2, 0.25) is 0 Å². The number of esters is 1. The van der Waals surface area contributed by atoms with Crippen LogP contribution in [0.2, 0.25) is 0 Å². The van der Waals surface area contributed by atoms with Crippen LogP contribution in [0.25, 0.3) is 0 Å². The van der Waals surface area contributed by atoms with E-state index < -0.39 is 35.2 Å². The van der Waals surface area contributed by atoms with Crippen molar-refractivity contribution in [3.63, 3.8) is 0 Å². The minimum absolute atomic E-state index is 0.0230. The quantitative estimate of drug-likeness (QED) is 0.410. The number of aliphatic carboxylic acids is 1. The van der Waals surface area contributed by atoms with Crippen molar-refractivity contribution in [2.75, 3.05) is 0 Å². The van der Waals surface area contributed by atoms with Gasteiger partial charge in [0.1, 0.15) is 12.6 Å². The molecule has 2 N–H and O–H groups in total. The highest BCUT2D eigenvalue weighted by Gasteiger charge is 2.25. The molecule has 0 heterocycles. The fourth-order valence-corrected chi connectivity index (χ4v) is 2.17. The first kappa shape index (κ1) is 19.6. The van der Waals surface area contributed by atoms with Crippen LogP contribution in [0.4, 0.5) is 5.69 Å². The molecule has 0 saturated carbocycles. The highest BCUT2D eigenvalue weighted by Crippen LogP contribution is 2.13. The molecule has 0 bridgehead atoms. The number of ether oxygens (including phenoxy) is 1. The van der Waals surface area contributed by atoms with Crippen LogP contribution in [0.15, 0.2) is 54.6 Å². The zero-order chi connectivity index (χ0) is 19.8. The van der Waals surface area contributed by atoms with Gasteiger partial charge >= 0.3 is 11.9 Å². The minimum atomic E-state index is -1.53. The summed E-state index contributed by atoms with van der Waals surface area (Å²) >= 11 is 0. The lowest BCUT2D eigenvalue weighted by atomic mass is 10.1. The number of hydrogen-bond acceptors (Lipinski definition) is 6. The Balaban J connectivity index is 1.97. The first-order chi connectivity index (χ1) is 12.9. The van der Waals surface area contributed by atoms with Crippen LogP contribution >= 0.6 is 0 Å². The average molecular weight is 372 g/mol. The third-order valence-electron chi connectivity index (χ3n) is 3.54. The molecule has 0 spiro atoms. The number of carboxylic acids is 1. The number of amides is 1. The summed E-state index contributed by atoms with van der Waals surface area (Å²) in [6.45, 7) is -0.0230. The van der Waals surface area contributed by atoms with E-state index in [4.69, 9.17) is 4.74 Å². The lowest BCUT2D eigenvalue weighted by Gasteiger charge is -2.14. The molecule has 9 heteroatoms. The Morgan fingerprint density at radius 2 is 1.81 bits per heavy atom. The van der Waals surface area contributed by atoms with E-state index in [1.807, 2.05) is 0 Å². The Hall–Kier alpha value is -3.75. The minimum Gasteiger partial charge on any atom is -0.480 e. The second kappa shape index (κ2) is 9.09. The van der Waals surface area contributed by atoms with Crippen LogP contribution in [0.1, 0.15) is 22.3 Å². The molecule has 140 valence electrons. The Bertz CT molecular complexity index is 852. The molecule has 0 unspecified atom stereocenters. The Morgan fingerprint density at radius 3 is 2.44 bits per heavy atom. The number of nitro groups is 1. The van der Waals surface area contributed by atoms with Gasteiger partial charge in [0, 0.05) is 17.7 Å². The van der Waals surface area contributed by atoms with E-state index in [1.54, 1.807) is 30.3 Å². The van der Waals surface area contributed by atoms with Gasteiger partial charge in [-0.1, -0.05) is 36.4 Å². The summed E-state index contributed by atoms with van der Waals surface area (Å²) in [5, 5.41) is 22.1. The fourth-order valence-electron chi connectivity index (χ4n) is 2.17. The number of carboxylic acid groups (broad SMARTS) is 1. The summed E-state index contributed by atoms with van der Waals surface area (Å²) in [6.07, 6.45) is -0.581. The topological polar surface area (TPSA) is 136 Å². The third-order valence-corrected chi connectivity index (χ3v) is 3.54. The van der Waals surface area contributed by atoms with Crippen molar-refractivity contribution in [2.24, 2.45) is 0 Å². The summed E-state index contributed by atoms with van der Waals surface area (Å²) in [5.41, 5.74) is 0.336. The number of carbonyl (C=O) groups excluding carboxylic acids is 2. The summed E-state index contributed by atoms with van der Waals surface area (Å²) in [5.74, 6) is -3.07. The molecule has 0 aliphatic carbocycles. The van der Waals surface area contributed by atoms with Gasteiger partial charge in [-0.05, 0) is 11.6 Å². The van der Waals surface area contributed by atoms with Crippen molar-refractivity contribution in [3.05, 3.63) is 75.8 Å². The van der Waals surface area contributed by atoms with Gasteiger partial charge in [-0.2, -0.15) is 0 Å². The number of rotatable bonds is 8. The number of nitrogens with zero attached hydrogens (tertiary/aromatic N) is 1. The van der Waals surface area contributed by atoms with E-state index in [1.165, 1.54) is 18.2 Å². The average Bonchev–Trinajstić information content (AvgIpc) is 2.66. The normalized spacial score (nSPS) is 11.3. The number of nitro benzene ring substituents is 1. The van der Waals surface area contributed by atoms with Gasteiger partial charge in [0.15, 0.2) is 0 Å². The summed E-state index contributed by atoms with van der Waals surface area (Å²) in [7, 11) is 0. The Morgan fingerprint density at radius 1 is 1.11 bits per heavy atom. The van der Waals surface area contributed by atoms with E-state index in [2.05, 4.69) is 5.32 Å². The van der Waals surface area contributed by atoms with Crippen LogP contribution in [0, 0.1) is 10.1 Å². The summed E-state index contributed by atoms with van der Waals surface area (Å²) in [4.78, 5) is 45.4. The molecule has 2 aromatic rings.